The van der Waals surface area contributed by atoms with E-state index in [0.717, 1.165) is 22.0 Å². The van der Waals surface area contributed by atoms with Crippen LogP contribution in [0.1, 0.15) is 15.9 Å². The zero-order valence-corrected chi connectivity index (χ0v) is 15.5. The molecule has 0 aliphatic rings. The van der Waals surface area contributed by atoms with Crippen molar-refractivity contribution < 1.29 is 4.79 Å². The van der Waals surface area contributed by atoms with Gasteiger partial charge < -0.3 is 0 Å². The Kier molecular flexibility index (Phi) is 5.08. The average Bonchev–Trinajstić information content (AvgIpc) is 2.75. The highest BCUT2D eigenvalue weighted by Crippen LogP contribution is 2.24. The molecule has 2 aromatic heterocycles. The highest BCUT2D eigenvalue weighted by atomic mass is 35.5. The van der Waals surface area contributed by atoms with Gasteiger partial charge in [0.2, 0.25) is 0 Å². The van der Waals surface area contributed by atoms with E-state index in [4.69, 9.17) is 11.6 Å². The maximum absolute atomic E-state index is 12.8. The highest BCUT2D eigenvalue weighted by Gasteiger charge is 2.13. The van der Waals surface area contributed by atoms with Gasteiger partial charge in [-0.3, -0.25) is 9.78 Å². The van der Waals surface area contributed by atoms with Crippen LogP contribution in [0.15, 0.2) is 84.2 Å². The van der Waals surface area contributed by atoms with E-state index in [1.807, 2.05) is 54.6 Å². The maximum atomic E-state index is 12.8. The molecule has 0 aliphatic carbocycles. The minimum atomic E-state index is -0.322. The molecule has 0 aliphatic heterocycles. The van der Waals surface area contributed by atoms with Crippen LogP contribution in [0.25, 0.3) is 22.2 Å². The molecule has 1 N–H and O–H groups in total. The minimum absolute atomic E-state index is 0.322. The Morgan fingerprint density at radius 1 is 1.00 bits per heavy atom. The van der Waals surface area contributed by atoms with Crippen LogP contribution in [0.4, 0.5) is 0 Å². The molecule has 0 bridgehead atoms. The molecule has 2 heterocycles. The average molecular weight is 387 g/mol. The molecule has 0 radical (unpaired) electrons. The van der Waals surface area contributed by atoms with Gasteiger partial charge in [-0.15, -0.1) is 0 Å². The highest BCUT2D eigenvalue weighted by molar-refractivity contribution is 6.33. The first-order chi connectivity index (χ1) is 13.7. The van der Waals surface area contributed by atoms with Crippen LogP contribution in [-0.4, -0.2) is 22.1 Å². The summed E-state index contributed by atoms with van der Waals surface area (Å²) in [6.07, 6.45) is 4.91. The number of carbonyl (C=O) groups excluding carboxylic acids is 1. The van der Waals surface area contributed by atoms with Crippen molar-refractivity contribution >= 4 is 34.6 Å². The zero-order chi connectivity index (χ0) is 19.3. The Hall–Kier alpha value is -3.57. The van der Waals surface area contributed by atoms with Gasteiger partial charge in [-0.2, -0.15) is 5.10 Å². The lowest BCUT2D eigenvalue weighted by molar-refractivity contribution is 0.0956. The Morgan fingerprint density at radius 2 is 1.75 bits per heavy atom. The van der Waals surface area contributed by atoms with Crippen LogP contribution in [-0.2, 0) is 0 Å². The van der Waals surface area contributed by atoms with Crippen LogP contribution in [0.5, 0.6) is 0 Å². The third kappa shape index (κ3) is 3.75. The Labute approximate surface area is 166 Å². The third-order valence-corrected chi connectivity index (χ3v) is 4.56. The number of amides is 1. The Balaban J connectivity index is 1.69. The number of para-hydroxylation sites is 1. The molecule has 28 heavy (non-hydrogen) atoms. The van der Waals surface area contributed by atoms with Gasteiger partial charge in [-0.05, 0) is 30.3 Å². The summed E-state index contributed by atoms with van der Waals surface area (Å²) in [6.45, 7) is 0. The van der Waals surface area contributed by atoms with Crippen molar-refractivity contribution in [2.24, 2.45) is 5.10 Å². The molecule has 4 rings (SSSR count). The summed E-state index contributed by atoms with van der Waals surface area (Å²) in [6, 6.07) is 20.3. The number of hydrazone groups is 1. The molecule has 0 spiro atoms. The first-order valence-corrected chi connectivity index (χ1v) is 8.98. The molecule has 0 saturated carbocycles. The summed E-state index contributed by atoms with van der Waals surface area (Å²) in [5.41, 5.74) is 6.11. The second kappa shape index (κ2) is 7.98. The first-order valence-electron chi connectivity index (χ1n) is 8.60. The van der Waals surface area contributed by atoms with Gasteiger partial charge in [0.1, 0.15) is 0 Å². The first kappa shape index (κ1) is 17.8. The van der Waals surface area contributed by atoms with Crippen molar-refractivity contribution in [2.45, 2.75) is 0 Å². The Morgan fingerprint density at radius 3 is 2.57 bits per heavy atom. The number of benzene rings is 2. The summed E-state index contributed by atoms with van der Waals surface area (Å²) >= 11 is 6.11. The fourth-order valence-electron chi connectivity index (χ4n) is 2.83. The summed E-state index contributed by atoms with van der Waals surface area (Å²) < 4.78 is 0. The van der Waals surface area contributed by atoms with Gasteiger partial charge in [0, 0.05) is 33.9 Å². The molecular formula is C22H15ClN4O. The zero-order valence-electron chi connectivity index (χ0n) is 14.7. The molecule has 136 valence electrons. The summed E-state index contributed by atoms with van der Waals surface area (Å²) in [7, 11) is 0. The summed E-state index contributed by atoms with van der Waals surface area (Å²) in [5, 5.41) is 5.37. The van der Waals surface area contributed by atoms with Crippen molar-refractivity contribution in [1.82, 2.24) is 15.4 Å². The van der Waals surface area contributed by atoms with Gasteiger partial charge in [0.25, 0.3) is 5.91 Å². The molecule has 5 nitrogen and oxygen atoms in total. The smallest absolute Gasteiger partial charge is 0.267 e. The van der Waals surface area contributed by atoms with E-state index in [0.29, 0.717) is 16.3 Å². The SMILES string of the molecule is O=C(N/N=C\c1ccccc1Cl)c1cc(-c2ccncc2)nc2ccccc12. The second-order valence-corrected chi connectivity index (χ2v) is 6.44. The van der Waals surface area contributed by atoms with Gasteiger partial charge >= 0.3 is 0 Å². The lowest BCUT2D eigenvalue weighted by atomic mass is 10.0. The van der Waals surface area contributed by atoms with E-state index in [1.165, 1.54) is 6.21 Å². The Bertz CT molecular complexity index is 1180. The normalized spacial score (nSPS) is 11.0. The number of rotatable bonds is 4. The predicted octanol–water partition coefficient (Wildman–Crippen LogP) is 4.71. The number of hydrogen-bond donors (Lipinski definition) is 1. The largest absolute Gasteiger partial charge is 0.272 e. The van der Waals surface area contributed by atoms with Gasteiger partial charge in [-0.1, -0.05) is 48.0 Å². The lowest BCUT2D eigenvalue weighted by Gasteiger charge is -2.09. The molecule has 0 unspecified atom stereocenters. The second-order valence-electron chi connectivity index (χ2n) is 6.03. The molecule has 2 aromatic carbocycles. The number of halogens is 1. The maximum Gasteiger partial charge on any atom is 0.272 e. The molecule has 0 saturated heterocycles. The predicted molar refractivity (Wildman–Crippen MR) is 111 cm³/mol. The fraction of sp³-hybridized carbons (Fsp3) is 0. The van der Waals surface area contributed by atoms with E-state index < -0.39 is 0 Å². The van der Waals surface area contributed by atoms with Crippen LogP contribution < -0.4 is 5.43 Å². The minimum Gasteiger partial charge on any atom is -0.267 e. The molecule has 4 aromatic rings. The summed E-state index contributed by atoms with van der Waals surface area (Å²) in [4.78, 5) is 21.5. The fourth-order valence-corrected chi connectivity index (χ4v) is 3.02. The van der Waals surface area contributed by atoms with Crippen LogP contribution in [0, 0.1) is 0 Å². The number of aromatic nitrogens is 2. The number of nitrogens with zero attached hydrogens (tertiary/aromatic N) is 3. The molecule has 0 atom stereocenters. The number of nitrogens with one attached hydrogen (secondary N) is 1. The van der Waals surface area contributed by atoms with Crippen LogP contribution in [0.3, 0.4) is 0 Å². The van der Waals surface area contributed by atoms with Gasteiger partial charge in [0.05, 0.1) is 23.0 Å². The number of hydrogen-bond acceptors (Lipinski definition) is 4. The lowest BCUT2D eigenvalue weighted by Crippen LogP contribution is -2.18. The van der Waals surface area contributed by atoms with Gasteiger partial charge in [0.15, 0.2) is 0 Å². The van der Waals surface area contributed by atoms with Crippen LogP contribution >= 0.6 is 11.6 Å². The van der Waals surface area contributed by atoms with E-state index in [2.05, 4.69) is 20.5 Å². The molecule has 0 fully saturated rings. The van der Waals surface area contributed by atoms with Crippen molar-refractivity contribution in [1.29, 1.82) is 0 Å². The summed E-state index contributed by atoms with van der Waals surface area (Å²) in [5.74, 6) is -0.322. The van der Waals surface area contributed by atoms with Crippen molar-refractivity contribution in [2.75, 3.05) is 0 Å². The molecule has 1 amide bonds. The van der Waals surface area contributed by atoms with Crippen molar-refractivity contribution in [3.05, 3.63) is 95.3 Å². The molecule has 6 heteroatoms. The van der Waals surface area contributed by atoms with E-state index in [1.54, 1.807) is 24.5 Å². The van der Waals surface area contributed by atoms with E-state index in [-0.39, 0.29) is 5.91 Å². The number of fused-ring (bicyclic) bond motifs is 1. The van der Waals surface area contributed by atoms with E-state index in [9.17, 15) is 4.79 Å². The monoisotopic (exact) mass is 386 g/mol. The van der Waals surface area contributed by atoms with Crippen molar-refractivity contribution in [3.8, 4) is 11.3 Å². The third-order valence-electron chi connectivity index (χ3n) is 4.21. The van der Waals surface area contributed by atoms with Crippen LogP contribution in [0.2, 0.25) is 5.02 Å². The number of carbonyl (C=O) groups is 1. The molecular weight excluding hydrogens is 372 g/mol. The standard InChI is InChI=1S/C22H15ClN4O/c23-19-7-3-1-5-16(19)14-25-27-22(28)18-13-21(15-9-11-24-12-10-15)26-20-8-4-2-6-17(18)20/h1-14H,(H,27,28)/b25-14-. The van der Waals surface area contributed by atoms with Gasteiger partial charge in [-0.25, -0.2) is 10.4 Å². The number of pyridine rings is 2. The van der Waals surface area contributed by atoms with E-state index >= 15 is 0 Å². The topological polar surface area (TPSA) is 67.2 Å². The quantitative estimate of drug-likeness (QED) is 0.408. The van der Waals surface area contributed by atoms with Crippen molar-refractivity contribution in [3.63, 3.8) is 0 Å².